The lowest BCUT2D eigenvalue weighted by atomic mass is 9.83. The van der Waals surface area contributed by atoms with Crippen molar-refractivity contribution in [2.45, 2.75) is 288 Å². The maximum Gasteiger partial charge on any atom is 0.105 e. The van der Waals surface area contributed by atoms with Gasteiger partial charge in [-0.15, -0.1) is 0 Å². The Bertz CT molecular complexity index is 1210. The fourth-order valence-corrected chi connectivity index (χ4v) is 8.47. The third-order valence-corrected chi connectivity index (χ3v) is 13.1. The molecule has 10 N–H and O–H groups in total. The van der Waals surface area contributed by atoms with Gasteiger partial charge in [-0.05, 0) is 237 Å². The molecule has 0 spiro atoms. The number of rotatable bonds is 36. The lowest BCUT2D eigenvalue weighted by molar-refractivity contribution is -0.0866. The average Bonchev–Trinajstić information content (AvgIpc) is 3.06. The monoisotopic (exact) mass is 859 g/mol. The summed E-state index contributed by atoms with van der Waals surface area (Å²) in [5.74, 6) is 0. The van der Waals surface area contributed by atoms with Gasteiger partial charge in [0.05, 0.1) is 51.4 Å². The normalized spacial score (nSPS) is 21.2. The molecule has 0 rings (SSSR count). The highest BCUT2D eigenvalue weighted by atomic mass is 16.4. The van der Waals surface area contributed by atoms with Crippen molar-refractivity contribution in [1.29, 1.82) is 0 Å². The minimum Gasteiger partial charge on any atom is -0.394 e. The molecule has 0 radical (unpaired) electrons. The minimum absolute atomic E-state index is 0.347. The van der Waals surface area contributed by atoms with Crippen LogP contribution in [0.25, 0.3) is 0 Å². The van der Waals surface area contributed by atoms with Gasteiger partial charge in [-0.3, -0.25) is 0 Å². The van der Waals surface area contributed by atoms with E-state index in [1.54, 1.807) is 0 Å². The Morgan fingerprint density at radius 3 is 0.900 bits per heavy atom. The Labute approximate surface area is 367 Å². The second-order valence-corrected chi connectivity index (χ2v) is 21.9. The molecule has 358 valence electrons. The van der Waals surface area contributed by atoms with Crippen LogP contribution >= 0.6 is 0 Å². The van der Waals surface area contributed by atoms with Crippen molar-refractivity contribution in [2.24, 2.45) is 0 Å². The summed E-state index contributed by atoms with van der Waals surface area (Å²) in [6, 6.07) is 0. The lowest BCUT2D eigenvalue weighted by Crippen LogP contribution is -2.41. The van der Waals surface area contributed by atoms with Gasteiger partial charge in [-0.25, -0.2) is 0 Å². The fourth-order valence-electron chi connectivity index (χ4n) is 8.47. The standard InChI is InChI=1S/C50H98O10/c1-40(2)21-12-24-43(4,53)26-15-28-45(6,55)30-17-32-47(8,57)34-19-36-49(10,59)37-20-35-48(9,58)33-18-31-46(7,56)29-16-27-44(5,54)25-13-22-41(3)23-14-38-50(11,60)42(52)39-51/h21,23,42,51-60H,12-20,22,24-39H2,1-11H3/b41-23+/t42-,43-,44+,45-,46+,47-,48+,49-,50-/m1/s1. The van der Waals surface area contributed by atoms with E-state index in [4.69, 9.17) is 5.11 Å². The summed E-state index contributed by atoms with van der Waals surface area (Å²) >= 11 is 0. The van der Waals surface area contributed by atoms with Crippen molar-refractivity contribution in [3.05, 3.63) is 23.3 Å². The molecule has 60 heavy (non-hydrogen) atoms. The predicted molar refractivity (Wildman–Crippen MR) is 247 cm³/mol. The zero-order valence-corrected chi connectivity index (χ0v) is 40.6. The van der Waals surface area contributed by atoms with Crippen LogP contribution < -0.4 is 0 Å². The Morgan fingerprint density at radius 2 is 0.633 bits per heavy atom. The summed E-state index contributed by atoms with van der Waals surface area (Å²) < 4.78 is 0. The first-order chi connectivity index (χ1) is 27.2. The molecule has 0 aromatic rings. The second kappa shape index (κ2) is 26.8. The Hall–Kier alpha value is -0.920. The molecule has 0 aliphatic heterocycles. The summed E-state index contributed by atoms with van der Waals surface area (Å²) in [7, 11) is 0. The van der Waals surface area contributed by atoms with Crippen LogP contribution in [0.5, 0.6) is 0 Å². The van der Waals surface area contributed by atoms with E-state index in [9.17, 15) is 46.0 Å². The SMILES string of the molecule is CC(C)=CCC[C@@](C)(O)CCC[C@@](C)(O)CCC[C@@](C)(O)CCC[C@@](C)(O)CCC[C@@](C)(O)CCC[C@@](C)(O)CCC[C@@](C)(O)CCC/C(C)=C/CC[C@@](C)(O)[C@H](O)CO. The number of hydrogen-bond donors (Lipinski definition) is 10. The molecule has 0 saturated heterocycles. The van der Waals surface area contributed by atoms with E-state index in [1.165, 1.54) is 12.5 Å². The molecule has 0 unspecified atom stereocenters. The third kappa shape index (κ3) is 31.0. The largest absolute Gasteiger partial charge is 0.394 e. The van der Waals surface area contributed by atoms with Gasteiger partial charge < -0.3 is 51.1 Å². The number of aliphatic hydroxyl groups excluding tert-OH is 2. The molecule has 0 aromatic heterocycles. The number of hydrogen-bond acceptors (Lipinski definition) is 10. The van der Waals surface area contributed by atoms with Gasteiger partial charge in [0.1, 0.15) is 6.10 Å². The van der Waals surface area contributed by atoms with Crippen LogP contribution in [0.1, 0.15) is 237 Å². The van der Waals surface area contributed by atoms with Crippen LogP contribution in [-0.4, -0.2) is 109 Å². The first-order valence-corrected chi connectivity index (χ1v) is 23.6. The zero-order chi connectivity index (χ0) is 46.5. The Kier molecular flexibility index (Phi) is 26.4. The Morgan fingerprint density at radius 1 is 0.383 bits per heavy atom. The van der Waals surface area contributed by atoms with Gasteiger partial charge in [-0.1, -0.05) is 23.3 Å². The molecule has 0 bridgehead atoms. The highest BCUT2D eigenvalue weighted by Crippen LogP contribution is 2.32. The highest BCUT2D eigenvalue weighted by Gasteiger charge is 2.31. The molecule has 0 aliphatic carbocycles. The summed E-state index contributed by atoms with van der Waals surface area (Å²) in [6.07, 6.45) is 18.7. The van der Waals surface area contributed by atoms with E-state index in [0.29, 0.717) is 135 Å². The van der Waals surface area contributed by atoms with Crippen LogP contribution in [0.3, 0.4) is 0 Å². The van der Waals surface area contributed by atoms with Crippen molar-refractivity contribution < 1.29 is 51.1 Å². The third-order valence-electron chi connectivity index (χ3n) is 13.1. The predicted octanol–water partition coefficient (Wildman–Crippen LogP) is 9.01. The van der Waals surface area contributed by atoms with E-state index in [0.717, 1.165) is 31.3 Å². The van der Waals surface area contributed by atoms with Gasteiger partial charge >= 0.3 is 0 Å². The summed E-state index contributed by atoms with van der Waals surface area (Å²) in [6.45, 7) is 20.0. The van der Waals surface area contributed by atoms with Gasteiger partial charge in [0, 0.05) is 0 Å². The van der Waals surface area contributed by atoms with E-state index < -0.39 is 57.5 Å². The quantitative estimate of drug-likeness (QED) is 0.0271. The van der Waals surface area contributed by atoms with E-state index in [-0.39, 0.29) is 0 Å². The van der Waals surface area contributed by atoms with Gasteiger partial charge in [0.25, 0.3) is 0 Å². The molecule has 0 aliphatic rings. The molecule has 0 aromatic carbocycles. The van der Waals surface area contributed by atoms with Crippen molar-refractivity contribution in [3.63, 3.8) is 0 Å². The molecule has 9 atom stereocenters. The van der Waals surface area contributed by atoms with Gasteiger partial charge in [0.2, 0.25) is 0 Å². The van der Waals surface area contributed by atoms with E-state index >= 15 is 0 Å². The first-order valence-electron chi connectivity index (χ1n) is 23.6. The smallest absolute Gasteiger partial charge is 0.105 e. The molecule has 10 nitrogen and oxygen atoms in total. The number of aliphatic hydroxyl groups is 10. The fraction of sp³-hybridized carbons (Fsp3) is 0.920. The number of allylic oxidation sites excluding steroid dienone is 4. The maximum atomic E-state index is 11.1. The summed E-state index contributed by atoms with van der Waals surface area (Å²) in [5, 5.41) is 106. The van der Waals surface area contributed by atoms with E-state index in [2.05, 4.69) is 19.9 Å². The van der Waals surface area contributed by atoms with Gasteiger partial charge in [0.15, 0.2) is 0 Å². The molecule has 0 amide bonds. The zero-order valence-electron chi connectivity index (χ0n) is 40.6. The minimum atomic E-state index is -1.34. The van der Waals surface area contributed by atoms with Crippen LogP contribution in [0.15, 0.2) is 23.3 Å². The topological polar surface area (TPSA) is 202 Å². The molecular formula is C50H98O10. The van der Waals surface area contributed by atoms with Crippen molar-refractivity contribution >= 4 is 0 Å². The van der Waals surface area contributed by atoms with Crippen molar-refractivity contribution in [1.82, 2.24) is 0 Å². The van der Waals surface area contributed by atoms with E-state index in [1.807, 2.05) is 61.5 Å². The van der Waals surface area contributed by atoms with Crippen LogP contribution in [0.4, 0.5) is 0 Å². The maximum absolute atomic E-state index is 11.1. The first kappa shape index (κ1) is 59.1. The molecular weight excluding hydrogens is 761 g/mol. The molecule has 10 heteroatoms. The molecule has 0 fully saturated rings. The van der Waals surface area contributed by atoms with Gasteiger partial charge in [-0.2, -0.15) is 0 Å². The van der Waals surface area contributed by atoms with Crippen LogP contribution in [0, 0.1) is 0 Å². The lowest BCUT2D eigenvalue weighted by Gasteiger charge is -2.31. The molecule has 0 heterocycles. The Balaban J connectivity index is 4.42. The van der Waals surface area contributed by atoms with Crippen LogP contribution in [-0.2, 0) is 0 Å². The van der Waals surface area contributed by atoms with Crippen molar-refractivity contribution in [2.75, 3.05) is 6.61 Å². The highest BCUT2D eigenvalue weighted by molar-refractivity contribution is 5.00. The molecule has 0 saturated carbocycles. The summed E-state index contributed by atoms with van der Waals surface area (Å²) in [5.41, 5.74) is -4.96. The van der Waals surface area contributed by atoms with Crippen LogP contribution in [0.2, 0.25) is 0 Å². The summed E-state index contributed by atoms with van der Waals surface area (Å²) in [4.78, 5) is 0. The second-order valence-electron chi connectivity index (χ2n) is 21.9. The van der Waals surface area contributed by atoms with Crippen molar-refractivity contribution in [3.8, 4) is 0 Å². The average molecular weight is 859 g/mol.